The van der Waals surface area contributed by atoms with Crippen LogP contribution in [0.4, 0.5) is 0 Å². The van der Waals surface area contributed by atoms with Crippen molar-refractivity contribution in [3.63, 3.8) is 0 Å². The first-order chi connectivity index (χ1) is 9.62. The monoisotopic (exact) mass is 318 g/mol. The van der Waals surface area contributed by atoms with Gasteiger partial charge in [0.25, 0.3) is 10.0 Å². The molecule has 0 unspecified atom stereocenters. The number of aromatic amines is 1. The van der Waals surface area contributed by atoms with Crippen molar-refractivity contribution in [2.45, 2.75) is 18.9 Å². The molecule has 1 amide bonds. The number of hydrogen-bond donors (Lipinski definition) is 2. The van der Waals surface area contributed by atoms with E-state index in [0.29, 0.717) is 0 Å². The maximum Gasteiger partial charge on any atom is 0.340 e. The molecule has 21 heavy (non-hydrogen) atoms. The molecule has 0 saturated heterocycles. The Morgan fingerprint density at radius 2 is 1.90 bits per heavy atom. The summed E-state index contributed by atoms with van der Waals surface area (Å²) in [5.41, 5.74) is -0.276. The van der Waals surface area contributed by atoms with Gasteiger partial charge in [0.05, 0.1) is 6.54 Å². The van der Waals surface area contributed by atoms with Crippen molar-refractivity contribution in [1.29, 1.82) is 0 Å². The van der Waals surface area contributed by atoms with E-state index in [4.69, 9.17) is 5.11 Å². The zero-order valence-corrected chi connectivity index (χ0v) is 13.1. The second-order valence-corrected chi connectivity index (χ2v) is 6.41. The van der Waals surface area contributed by atoms with Crippen LogP contribution in [0.15, 0.2) is 5.03 Å². The van der Waals surface area contributed by atoms with Crippen molar-refractivity contribution in [3.8, 4) is 0 Å². The third kappa shape index (κ3) is 3.39. The quantitative estimate of drug-likeness (QED) is 0.730. The lowest BCUT2D eigenvalue weighted by Crippen LogP contribution is -2.40. The number of carbonyl (C=O) groups excluding carboxylic acids is 1. The first-order valence-corrected chi connectivity index (χ1v) is 7.55. The summed E-state index contributed by atoms with van der Waals surface area (Å²) in [6, 6.07) is 0. The summed E-state index contributed by atoms with van der Waals surface area (Å²) in [7, 11) is -1.16. The predicted octanol–water partition coefficient (Wildman–Crippen LogP) is -0.485. The number of carboxylic acids is 1. The fourth-order valence-electron chi connectivity index (χ4n) is 1.63. The molecule has 0 bridgehead atoms. The highest BCUT2D eigenvalue weighted by molar-refractivity contribution is 7.89. The number of carboxylic acid groups (broad SMARTS) is 1. The Hall–Kier alpha value is -1.94. The van der Waals surface area contributed by atoms with Crippen LogP contribution in [-0.4, -0.2) is 72.0 Å². The number of rotatable bonds is 6. The summed E-state index contributed by atoms with van der Waals surface area (Å²) in [6.45, 7) is 2.61. The Morgan fingerprint density at radius 1 is 1.33 bits per heavy atom. The molecule has 0 aliphatic rings. The van der Waals surface area contributed by atoms with Crippen molar-refractivity contribution >= 4 is 21.9 Å². The lowest BCUT2D eigenvalue weighted by Gasteiger charge is -2.21. The zero-order chi connectivity index (χ0) is 16.4. The first-order valence-electron chi connectivity index (χ1n) is 6.11. The van der Waals surface area contributed by atoms with Crippen LogP contribution in [0.2, 0.25) is 0 Å². The smallest absolute Gasteiger partial charge is 0.340 e. The van der Waals surface area contributed by atoms with E-state index in [1.165, 1.54) is 25.9 Å². The molecule has 1 aromatic rings. The van der Waals surface area contributed by atoms with Gasteiger partial charge in [-0.3, -0.25) is 9.89 Å². The van der Waals surface area contributed by atoms with E-state index in [-0.39, 0.29) is 18.8 Å². The van der Waals surface area contributed by atoms with Gasteiger partial charge in [-0.05, 0) is 6.92 Å². The van der Waals surface area contributed by atoms with Crippen LogP contribution in [0.1, 0.15) is 23.0 Å². The third-order valence-corrected chi connectivity index (χ3v) is 4.73. The first kappa shape index (κ1) is 17.1. The van der Waals surface area contributed by atoms with Gasteiger partial charge in [-0.25, -0.2) is 13.2 Å². The van der Waals surface area contributed by atoms with Crippen LogP contribution in [0.25, 0.3) is 0 Å². The van der Waals surface area contributed by atoms with Gasteiger partial charge < -0.3 is 10.0 Å². The number of aryl methyl sites for hydroxylation is 1. The van der Waals surface area contributed by atoms with Gasteiger partial charge in [0, 0.05) is 26.3 Å². The van der Waals surface area contributed by atoms with Crippen LogP contribution in [0, 0.1) is 6.92 Å². The van der Waals surface area contributed by atoms with Gasteiger partial charge in [0.15, 0.2) is 0 Å². The number of amides is 1. The van der Waals surface area contributed by atoms with Crippen molar-refractivity contribution < 1.29 is 23.1 Å². The molecule has 1 heterocycles. The number of hydrogen-bond acceptors (Lipinski definition) is 5. The highest BCUT2D eigenvalue weighted by Crippen LogP contribution is 2.20. The minimum atomic E-state index is -4.17. The molecule has 0 radical (unpaired) electrons. The maximum atomic E-state index is 12.5. The molecule has 118 valence electrons. The van der Waals surface area contributed by atoms with Crippen molar-refractivity contribution in [2.75, 3.05) is 27.2 Å². The summed E-state index contributed by atoms with van der Waals surface area (Å²) in [5.74, 6) is -1.81. The molecule has 2 N–H and O–H groups in total. The molecule has 0 fully saturated rings. The van der Waals surface area contributed by atoms with Crippen molar-refractivity contribution in [3.05, 3.63) is 11.3 Å². The average molecular weight is 318 g/mol. The van der Waals surface area contributed by atoms with Crippen molar-refractivity contribution in [1.82, 2.24) is 19.4 Å². The highest BCUT2D eigenvalue weighted by atomic mass is 32.2. The number of likely N-dealkylation sites (N-methyl/N-ethyl adjacent to an activating group) is 2. The number of nitrogens with zero attached hydrogens (tertiary/aromatic N) is 3. The molecule has 0 saturated carbocycles. The van der Waals surface area contributed by atoms with E-state index < -0.39 is 32.5 Å². The highest BCUT2D eigenvalue weighted by Gasteiger charge is 2.33. The van der Waals surface area contributed by atoms with Gasteiger partial charge >= 0.3 is 5.97 Å². The second kappa shape index (κ2) is 6.22. The Bertz CT molecular complexity index is 650. The van der Waals surface area contributed by atoms with E-state index in [1.807, 2.05) is 0 Å². The minimum absolute atomic E-state index is 0.0207. The zero-order valence-electron chi connectivity index (χ0n) is 12.2. The molecule has 9 nitrogen and oxygen atoms in total. The van der Waals surface area contributed by atoms with Gasteiger partial charge in [0.2, 0.25) is 10.9 Å². The SMILES string of the molecule is CCN(CC(=O)N(C)C)S(=O)(=O)c1n[nH]c(C)c1C(=O)O. The number of sulfonamides is 1. The summed E-state index contributed by atoms with van der Waals surface area (Å²) in [4.78, 5) is 24.1. The van der Waals surface area contributed by atoms with Crippen LogP contribution in [0.5, 0.6) is 0 Å². The van der Waals surface area contributed by atoms with E-state index in [2.05, 4.69) is 10.2 Å². The van der Waals surface area contributed by atoms with Crippen molar-refractivity contribution in [2.24, 2.45) is 0 Å². The fourth-order valence-corrected chi connectivity index (χ4v) is 3.15. The van der Waals surface area contributed by atoms with E-state index >= 15 is 0 Å². The van der Waals surface area contributed by atoms with E-state index in [1.54, 1.807) is 6.92 Å². The molecule has 0 aromatic carbocycles. The molecule has 0 spiro atoms. The number of carbonyl (C=O) groups is 2. The summed E-state index contributed by atoms with van der Waals surface area (Å²) < 4.78 is 25.8. The molecule has 0 aliphatic heterocycles. The number of aromatic nitrogens is 2. The topological polar surface area (TPSA) is 124 Å². The fraction of sp³-hybridized carbons (Fsp3) is 0.545. The molecule has 0 aliphatic carbocycles. The van der Waals surface area contributed by atoms with E-state index in [0.717, 1.165) is 4.31 Å². The molecule has 1 rings (SSSR count). The van der Waals surface area contributed by atoms with Gasteiger partial charge in [-0.2, -0.15) is 9.40 Å². The molecule has 1 aromatic heterocycles. The third-order valence-electron chi connectivity index (χ3n) is 2.88. The summed E-state index contributed by atoms with van der Waals surface area (Å²) in [5, 5.41) is 14.4. The molecular weight excluding hydrogens is 300 g/mol. The molecule has 10 heteroatoms. The van der Waals surface area contributed by atoms with Crippen LogP contribution < -0.4 is 0 Å². The Kier molecular flexibility index (Phi) is 5.07. The molecular formula is C11H18N4O5S. The van der Waals surface area contributed by atoms with Gasteiger partial charge in [-0.15, -0.1) is 0 Å². The standard InChI is InChI=1S/C11H18N4O5S/c1-5-15(6-8(16)14(3)4)21(19,20)10-9(11(17)18)7(2)12-13-10/h5-6H2,1-4H3,(H,12,13)(H,17,18). The van der Waals surface area contributed by atoms with E-state index in [9.17, 15) is 18.0 Å². The van der Waals surface area contributed by atoms with Crippen LogP contribution >= 0.6 is 0 Å². The summed E-state index contributed by atoms with van der Waals surface area (Å²) in [6.07, 6.45) is 0. The average Bonchev–Trinajstić information content (AvgIpc) is 2.77. The van der Waals surface area contributed by atoms with Gasteiger partial charge in [-0.1, -0.05) is 6.92 Å². The normalized spacial score (nSPS) is 11.7. The Balaban J connectivity index is 3.26. The number of nitrogens with one attached hydrogen (secondary N) is 1. The Morgan fingerprint density at radius 3 is 2.33 bits per heavy atom. The van der Waals surface area contributed by atoms with Crippen LogP contribution in [-0.2, 0) is 14.8 Å². The molecule has 0 atom stereocenters. The number of H-pyrrole nitrogens is 1. The lowest BCUT2D eigenvalue weighted by molar-refractivity contribution is -0.128. The lowest BCUT2D eigenvalue weighted by atomic mass is 10.3. The minimum Gasteiger partial charge on any atom is -0.478 e. The largest absolute Gasteiger partial charge is 0.478 e. The summed E-state index contributed by atoms with van der Waals surface area (Å²) >= 11 is 0. The predicted molar refractivity (Wildman–Crippen MR) is 73.4 cm³/mol. The maximum absolute atomic E-state index is 12.5. The van der Waals surface area contributed by atoms with Crippen LogP contribution in [0.3, 0.4) is 0 Å². The van der Waals surface area contributed by atoms with Gasteiger partial charge in [0.1, 0.15) is 5.56 Å². The number of aromatic carboxylic acids is 1. The Labute approximate surface area is 122 Å². The second-order valence-electron chi connectivity index (χ2n) is 4.55.